The normalized spacial score (nSPS) is 23.4. The van der Waals surface area contributed by atoms with Crippen molar-refractivity contribution in [3.05, 3.63) is 34.9 Å². The van der Waals surface area contributed by atoms with Crippen LogP contribution in [-0.2, 0) is 11.3 Å². The molecule has 2 N–H and O–H groups in total. The molecule has 1 fully saturated rings. The lowest BCUT2D eigenvalue weighted by molar-refractivity contribution is 0.0101. The van der Waals surface area contributed by atoms with Gasteiger partial charge in [-0.3, -0.25) is 4.90 Å². The van der Waals surface area contributed by atoms with Gasteiger partial charge in [-0.05, 0) is 43.4 Å². The van der Waals surface area contributed by atoms with Crippen LogP contribution in [0.2, 0.25) is 0 Å². The summed E-state index contributed by atoms with van der Waals surface area (Å²) in [7, 11) is 1.80. The number of aryl methyl sites for hydroxylation is 2. The van der Waals surface area contributed by atoms with Gasteiger partial charge in [0.05, 0.1) is 6.10 Å². The number of rotatable bonds is 4. The minimum absolute atomic E-state index is 0. The standard InChI is InChI=1S/C16H26N2O.ClH/c1-12-5-4-6-13(2)16(12)11-18-8-7-15(19-3)9-14(18)10-17;/h4-6,14-15H,7-11,17H2,1-3H3;1H. The average Bonchev–Trinajstić information content (AvgIpc) is 2.43. The molecule has 1 aliphatic heterocycles. The first kappa shape index (κ1) is 17.4. The Balaban J connectivity index is 0.00000200. The number of ether oxygens (including phenoxy) is 1. The number of halogens is 1. The highest BCUT2D eigenvalue weighted by Crippen LogP contribution is 2.23. The third kappa shape index (κ3) is 3.95. The first-order chi connectivity index (χ1) is 9.15. The van der Waals surface area contributed by atoms with Crippen molar-refractivity contribution in [2.75, 3.05) is 20.2 Å². The van der Waals surface area contributed by atoms with E-state index in [-0.39, 0.29) is 12.4 Å². The summed E-state index contributed by atoms with van der Waals surface area (Å²) in [6.45, 7) is 7.19. The molecule has 1 saturated heterocycles. The second-order valence-electron chi connectivity index (χ2n) is 5.61. The summed E-state index contributed by atoms with van der Waals surface area (Å²) in [5, 5.41) is 0. The minimum Gasteiger partial charge on any atom is -0.381 e. The Bertz CT molecular complexity index is 405. The topological polar surface area (TPSA) is 38.5 Å². The fourth-order valence-corrected chi connectivity index (χ4v) is 3.03. The van der Waals surface area contributed by atoms with Gasteiger partial charge in [0.25, 0.3) is 0 Å². The number of likely N-dealkylation sites (tertiary alicyclic amines) is 1. The average molecular weight is 299 g/mol. The van der Waals surface area contributed by atoms with Gasteiger partial charge >= 0.3 is 0 Å². The predicted molar refractivity (Wildman–Crippen MR) is 86.4 cm³/mol. The Morgan fingerprint density at radius 1 is 1.30 bits per heavy atom. The third-order valence-electron chi connectivity index (χ3n) is 4.40. The number of hydrogen-bond acceptors (Lipinski definition) is 3. The molecule has 2 unspecified atom stereocenters. The Kier molecular flexibility index (Phi) is 6.96. The van der Waals surface area contributed by atoms with Crippen LogP contribution in [0.5, 0.6) is 0 Å². The fraction of sp³-hybridized carbons (Fsp3) is 0.625. The summed E-state index contributed by atoms with van der Waals surface area (Å²) in [6, 6.07) is 6.97. The highest BCUT2D eigenvalue weighted by atomic mass is 35.5. The van der Waals surface area contributed by atoms with Crippen LogP contribution in [-0.4, -0.2) is 37.2 Å². The van der Waals surface area contributed by atoms with Crippen LogP contribution in [0.4, 0.5) is 0 Å². The maximum Gasteiger partial charge on any atom is 0.0599 e. The molecule has 4 heteroatoms. The van der Waals surface area contributed by atoms with Crippen molar-refractivity contribution >= 4 is 12.4 Å². The summed E-state index contributed by atoms with van der Waals surface area (Å²) in [6.07, 6.45) is 2.54. The molecular formula is C16H27ClN2O. The van der Waals surface area contributed by atoms with Gasteiger partial charge in [-0.15, -0.1) is 12.4 Å². The zero-order chi connectivity index (χ0) is 13.8. The van der Waals surface area contributed by atoms with Gasteiger partial charge in [0.1, 0.15) is 0 Å². The van der Waals surface area contributed by atoms with Crippen molar-refractivity contribution < 1.29 is 4.74 Å². The summed E-state index contributed by atoms with van der Waals surface area (Å²) >= 11 is 0. The molecule has 1 heterocycles. The van der Waals surface area contributed by atoms with E-state index in [0.717, 1.165) is 25.9 Å². The summed E-state index contributed by atoms with van der Waals surface area (Å²) in [5.41, 5.74) is 10.2. The minimum atomic E-state index is 0. The number of benzene rings is 1. The molecule has 0 amide bonds. The van der Waals surface area contributed by atoms with E-state index in [1.807, 2.05) is 0 Å². The van der Waals surface area contributed by atoms with Crippen LogP contribution in [0.15, 0.2) is 18.2 Å². The first-order valence-corrected chi connectivity index (χ1v) is 7.17. The highest BCUT2D eigenvalue weighted by Gasteiger charge is 2.27. The van der Waals surface area contributed by atoms with Crippen molar-refractivity contribution in [2.45, 2.75) is 45.4 Å². The number of hydrogen-bond donors (Lipinski definition) is 1. The largest absolute Gasteiger partial charge is 0.381 e. The van der Waals surface area contributed by atoms with Gasteiger partial charge in [0.15, 0.2) is 0 Å². The van der Waals surface area contributed by atoms with Crippen LogP contribution in [0.3, 0.4) is 0 Å². The second-order valence-corrected chi connectivity index (χ2v) is 5.61. The van der Waals surface area contributed by atoms with Gasteiger partial charge in [0, 0.05) is 32.8 Å². The van der Waals surface area contributed by atoms with E-state index >= 15 is 0 Å². The maximum atomic E-state index is 5.94. The Labute approximate surface area is 128 Å². The molecule has 20 heavy (non-hydrogen) atoms. The zero-order valence-corrected chi connectivity index (χ0v) is 13.6. The van der Waals surface area contributed by atoms with E-state index in [9.17, 15) is 0 Å². The van der Waals surface area contributed by atoms with Gasteiger partial charge in [0.2, 0.25) is 0 Å². The monoisotopic (exact) mass is 298 g/mol. The number of piperidine rings is 1. The van der Waals surface area contributed by atoms with Crippen LogP contribution >= 0.6 is 12.4 Å². The van der Waals surface area contributed by atoms with Crippen LogP contribution in [0.1, 0.15) is 29.5 Å². The van der Waals surface area contributed by atoms with Gasteiger partial charge in [-0.2, -0.15) is 0 Å². The van der Waals surface area contributed by atoms with Gasteiger partial charge < -0.3 is 10.5 Å². The molecule has 0 aromatic heterocycles. The predicted octanol–water partition coefficient (Wildman–Crippen LogP) is 2.66. The molecule has 1 aromatic rings. The molecule has 3 nitrogen and oxygen atoms in total. The summed E-state index contributed by atoms with van der Waals surface area (Å²) in [4.78, 5) is 2.52. The van der Waals surface area contributed by atoms with E-state index < -0.39 is 0 Å². The highest BCUT2D eigenvalue weighted by molar-refractivity contribution is 5.85. The molecule has 2 rings (SSSR count). The Morgan fingerprint density at radius 2 is 1.95 bits per heavy atom. The molecule has 1 aliphatic rings. The second kappa shape index (κ2) is 7.99. The third-order valence-corrected chi connectivity index (χ3v) is 4.40. The Morgan fingerprint density at radius 3 is 2.50 bits per heavy atom. The molecule has 0 bridgehead atoms. The fourth-order valence-electron chi connectivity index (χ4n) is 3.03. The van der Waals surface area contributed by atoms with E-state index in [2.05, 4.69) is 36.9 Å². The van der Waals surface area contributed by atoms with E-state index in [4.69, 9.17) is 10.5 Å². The molecule has 0 aliphatic carbocycles. The summed E-state index contributed by atoms with van der Waals surface area (Å²) < 4.78 is 5.49. The SMILES string of the molecule is COC1CCN(Cc2c(C)cccc2C)C(CN)C1.Cl. The molecule has 0 radical (unpaired) electrons. The maximum absolute atomic E-state index is 5.94. The van der Waals surface area contributed by atoms with Crippen molar-refractivity contribution in [3.63, 3.8) is 0 Å². The van der Waals surface area contributed by atoms with Crippen molar-refractivity contribution in [2.24, 2.45) is 5.73 Å². The van der Waals surface area contributed by atoms with Gasteiger partial charge in [-0.1, -0.05) is 18.2 Å². The van der Waals surface area contributed by atoms with Crippen LogP contribution in [0, 0.1) is 13.8 Å². The quantitative estimate of drug-likeness (QED) is 0.929. The van der Waals surface area contributed by atoms with Crippen LogP contribution < -0.4 is 5.73 Å². The molecule has 114 valence electrons. The van der Waals surface area contributed by atoms with Crippen LogP contribution in [0.25, 0.3) is 0 Å². The van der Waals surface area contributed by atoms with Gasteiger partial charge in [-0.25, -0.2) is 0 Å². The zero-order valence-electron chi connectivity index (χ0n) is 12.8. The molecular weight excluding hydrogens is 272 g/mol. The van der Waals surface area contributed by atoms with E-state index in [1.165, 1.54) is 16.7 Å². The number of nitrogens with zero attached hydrogens (tertiary/aromatic N) is 1. The lowest BCUT2D eigenvalue weighted by Gasteiger charge is -2.39. The smallest absolute Gasteiger partial charge is 0.0599 e. The lowest BCUT2D eigenvalue weighted by Crippen LogP contribution is -2.48. The van der Waals surface area contributed by atoms with Crippen molar-refractivity contribution in [1.29, 1.82) is 0 Å². The van der Waals surface area contributed by atoms with Crippen molar-refractivity contribution in [3.8, 4) is 0 Å². The van der Waals surface area contributed by atoms with E-state index in [0.29, 0.717) is 18.7 Å². The molecule has 1 aromatic carbocycles. The van der Waals surface area contributed by atoms with E-state index in [1.54, 1.807) is 7.11 Å². The first-order valence-electron chi connectivity index (χ1n) is 7.17. The number of methoxy groups -OCH3 is 1. The summed E-state index contributed by atoms with van der Waals surface area (Å²) in [5.74, 6) is 0. The molecule has 0 spiro atoms. The number of nitrogens with two attached hydrogens (primary N) is 1. The lowest BCUT2D eigenvalue weighted by atomic mass is 9.96. The van der Waals surface area contributed by atoms with Crippen molar-refractivity contribution in [1.82, 2.24) is 4.90 Å². The Hall–Kier alpha value is -0.610. The molecule has 0 saturated carbocycles. The molecule has 2 atom stereocenters.